The summed E-state index contributed by atoms with van der Waals surface area (Å²) in [6.45, 7) is 14.4. The number of hydrazone groups is 2. The number of anilines is 2. The van der Waals surface area contributed by atoms with Crippen LogP contribution in [0.25, 0.3) is 20.4 Å². The van der Waals surface area contributed by atoms with Crippen molar-refractivity contribution in [1.82, 2.24) is 9.97 Å². The van der Waals surface area contributed by atoms with Crippen molar-refractivity contribution in [2.45, 2.75) is 168 Å². The molecule has 0 unspecified atom stereocenters. The molecule has 2 heterocycles. The molecule has 90 heavy (non-hydrogen) atoms. The fourth-order valence-electron chi connectivity index (χ4n) is 11.6. The van der Waals surface area contributed by atoms with Crippen molar-refractivity contribution in [1.29, 1.82) is 0 Å². The molecule has 2 fully saturated rings. The summed E-state index contributed by atoms with van der Waals surface area (Å²) in [7, 11) is 0. The second-order valence-corrected chi connectivity index (χ2v) is 25.5. The summed E-state index contributed by atoms with van der Waals surface area (Å²) >= 11 is 3.23. The molecule has 0 aliphatic heterocycles. The monoisotopic (exact) mass is 1260 g/mol. The van der Waals surface area contributed by atoms with Gasteiger partial charge in [0.1, 0.15) is 23.0 Å². The van der Waals surface area contributed by atoms with E-state index in [2.05, 4.69) is 39.1 Å². The first kappa shape index (κ1) is 68.5. The van der Waals surface area contributed by atoms with Gasteiger partial charge in [-0.15, -0.1) is 0 Å². The van der Waals surface area contributed by atoms with E-state index in [0.29, 0.717) is 85.5 Å². The Morgan fingerprint density at radius 2 is 0.889 bits per heavy atom. The molecule has 0 saturated heterocycles. The Labute approximate surface area is 540 Å². The number of nitrogens with zero attached hydrogens (tertiary/aromatic N) is 6. The molecule has 8 rings (SSSR count). The molecule has 16 nitrogen and oxygen atoms in total. The predicted molar refractivity (Wildman–Crippen MR) is 363 cm³/mol. The second-order valence-electron chi connectivity index (χ2n) is 23.5. The number of ether oxygens (including phenoxy) is 6. The van der Waals surface area contributed by atoms with Gasteiger partial charge in [-0.3, -0.25) is 9.59 Å². The van der Waals surface area contributed by atoms with Crippen molar-refractivity contribution >= 4 is 89.7 Å². The number of rotatable bonds is 39. The van der Waals surface area contributed by atoms with Gasteiger partial charge in [0.25, 0.3) is 0 Å². The van der Waals surface area contributed by atoms with E-state index < -0.39 is 11.9 Å². The number of benzene rings is 4. The van der Waals surface area contributed by atoms with E-state index in [4.69, 9.17) is 48.6 Å². The van der Waals surface area contributed by atoms with Gasteiger partial charge in [0.15, 0.2) is 0 Å². The smallest absolute Gasteiger partial charge is 0.330 e. The van der Waals surface area contributed by atoms with Crippen molar-refractivity contribution in [3.63, 3.8) is 0 Å². The number of carbonyl (C=O) groups is 4. The lowest BCUT2D eigenvalue weighted by Crippen LogP contribution is -2.32. The van der Waals surface area contributed by atoms with Gasteiger partial charge in [-0.05, 0) is 188 Å². The number of para-hydroxylation sites is 2. The minimum Gasteiger partial charge on any atom is -0.493 e. The predicted octanol–water partition coefficient (Wildman–Crippen LogP) is 17.2. The first-order valence-corrected chi connectivity index (χ1v) is 34.6. The molecule has 2 aromatic heterocycles. The van der Waals surface area contributed by atoms with E-state index in [9.17, 15) is 19.2 Å². The lowest BCUT2D eigenvalue weighted by molar-refractivity contribution is -0.142. The average molecular weight is 1270 g/mol. The van der Waals surface area contributed by atoms with Crippen molar-refractivity contribution in [2.24, 2.45) is 33.9 Å². The third kappa shape index (κ3) is 21.9. The van der Waals surface area contributed by atoms with Crippen molar-refractivity contribution in [3.05, 3.63) is 121 Å². The molecule has 6 aromatic rings. The van der Waals surface area contributed by atoms with Crippen molar-refractivity contribution in [2.75, 3.05) is 49.5 Å². The molecular formula is C72H92N6O10S2. The Morgan fingerprint density at radius 1 is 0.500 bits per heavy atom. The van der Waals surface area contributed by atoms with Crippen LogP contribution in [-0.2, 0) is 28.7 Å². The molecule has 4 aromatic carbocycles. The van der Waals surface area contributed by atoms with Crippen molar-refractivity contribution < 1.29 is 47.6 Å². The summed E-state index contributed by atoms with van der Waals surface area (Å²) in [5, 5.41) is 15.6. The zero-order valence-electron chi connectivity index (χ0n) is 52.9. The molecule has 2 saturated carbocycles. The third-order valence-electron chi connectivity index (χ3n) is 16.8. The quantitative estimate of drug-likeness (QED) is 0.00888. The van der Waals surface area contributed by atoms with E-state index >= 15 is 0 Å². The van der Waals surface area contributed by atoms with Gasteiger partial charge < -0.3 is 28.4 Å². The zero-order chi connectivity index (χ0) is 63.1. The number of unbranched alkanes of at least 4 members (excludes halogenated alkanes) is 12. The standard InChI is InChI=1S/C72H92N6O10S2/c1-5-9-11-21-43-77(71-75-61-27-17-19-29-65(61)89-71)73-51-57-49-59(39-41-63(57)83-45-23-13-15-25-47-85-67(79)7-3)87-69(81)55-35-31-53(32-36-55)54-33-37-56(38-34-54)70(82)88-60-40-42-64(84-46-24-14-16-26-48-86-68(80)8-4)58(50-60)52-74-78(44-22-12-10-6-2)72-76-62-28-18-20-30-66(62)90-72/h7-8,17-20,27-30,39-42,49-56H,3-6,9-16,21-26,31-38,43-48H2,1-2H3/b73-51+,74-52+. The van der Waals surface area contributed by atoms with Gasteiger partial charge in [0, 0.05) is 36.4 Å². The second kappa shape index (κ2) is 37.7. The van der Waals surface area contributed by atoms with Crippen LogP contribution in [0, 0.1) is 23.7 Å². The maximum atomic E-state index is 14.0. The van der Waals surface area contributed by atoms with Crippen LogP contribution in [0.2, 0.25) is 0 Å². The molecule has 0 atom stereocenters. The summed E-state index contributed by atoms with van der Waals surface area (Å²) in [5.74, 6) is 1.47. The van der Waals surface area contributed by atoms with Crippen LogP contribution < -0.4 is 29.0 Å². The number of hydrogen-bond acceptors (Lipinski definition) is 18. The van der Waals surface area contributed by atoms with Crippen molar-refractivity contribution in [3.8, 4) is 23.0 Å². The Balaban J connectivity index is 0.856. The minimum atomic E-state index is -0.407. The van der Waals surface area contributed by atoms with Gasteiger partial charge in [-0.25, -0.2) is 29.6 Å². The topological polar surface area (TPSA) is 181 Å². The molecule has 2 aliphatic rings. The Bertz CT molecular complexity index is 3010. The van der Waals surface area contributed by atoms with E-state index in [1.165, 1.54) is 12.2 Å². The van der Waals surface area contributed by atoms with E-state index in [0.717, 1.165) is 185 Å². The summed E-state index contributed by atoms with van der Waals surface area (Å²) in [4.78, 5) is 60.6. The lowest BCUT2D eigenvalue weighted by Gasteiger charge is -2.36. The molecule has 0 amide bonds. The van der Waals surface area contributed by atoms with Crippen LogP contribution in [0.1, 0.15) is 179 Å². The Morgan fingerprint density at radius 3 is 1.28 bits per heavy atom. The van der Waals surface area contributed by atoms with Crippen LogP contribution in [0.4, 0.5) is 10.3 Å². The van der Waals surface area contributed by atoms with E-state index in [1.54, 1.807) is 47.2 Å². The fraction of sp³-hybridized carbons (Fsp3) is 0.500. The molecule has 482 valence electrons. The minimum absolute atomic E-state index is 0.210. The van der Waals surface area contributed by atoms with Crippen LogP contribution in [0.15, 0.2) is 120 Å². The van der Waals surface area contributed by atoms with Crippen LogP contribution in [-0.4, -0.2) is 85.8 Å². The highest BCUT2D eigenvalue weighted by Gasteiger charge is 2.36. The third-order valence-corrected chi connectivity index (χ3v) is 18.9. The molecular weight excluding hydrogens is 1170 g/mol. The lowest BCUT2D eigenvalue weighted by atomic mass is 9.69. The highest BCUT2D eigenvalue weighted by Crippen LogP contribution is 2.43. The number of fused-ring (bicyclic) bond motifs is 2. The molecule has 2 aliphatic carbocycles. The zero-order valence-corrected chi connectivity index (χ0v) is 54.5. The number of carbonyl (C=O) groups excluding carboxylic acids is 4. The number of esters is 4. The number of aromatic nitrogens is 2. The average Bonchev–Trinajstić information content (AvgIpc) is 1.97. The fourth-order valence-corrected chi connectivity index (χ4v) is 13.5. The Hall–Kier alpha value is -7.44. The van der Waals surface area contributed by atoms with Crippen LogP contribution in [0.5, 0.6) is 23.0 Å². The summed E-state index contributed by atoms with van der Waals surface area (Å²) < 4.78 is 37.5. The molecule has 0 spiro atoms. The molecule has 0 radical (unpaired) electrons. The maximum Gasteiger partial charge on any atom is 0.330 e. The van der Waals surface area contributed by atoms with E-state index in [-0.39, 0.29) is 23.8 Å². The van der Waals surface area contributed by atoms with Gasteiger partial charge in [0.05, 0.1) is 71.1 Å². The molecule has 0 N–H and O–H groups in total. The summed E-state index contributed by atoms with van der Waals surface area (Å²) in [5.41, 5.74) is 3.28. The van der Waals surface area contributed by atoms with Crippen LogP contribution in [0.3, 0.4) is 0 Å². The largest absolute Gasteiger partial charge is 0.493 e. The highest BCUT2D eigenvalue weighted by molar-refractivity contribution is 7.22. The number of hydrogen-bond donors (Lipinski definition) is 0. The highest BCUT2D eigenvalue weighted by atomic mass is 32.1. The first-order chi connectivity index (χ1) is 44.1. The maximum absolute atomic E-state index is 14.0. The van der Waals surface area contributed by atoms with Gasteiger partial charge >= 0.3 is 23.9 Å². The molecule has 0 bridgehead atoms. The van der Waals surface area contributed by atoms with Crippen LogP contribution >= 0.6 is 22.7 Å². The normalized spacial score (nSPS) is 16.7. The van der Waals surface area contributed by atoms with Gasteiger partial charge in [-0.2, -0.15) is 10.2 Å². The molecule has 18 heteroatoms. The van der Waals surface area contributed by atoms with Gasteiger partial charge in [-0.1, -0.05) is 112 Å². The Kier molecular flexibility index (Phi) is 28.6. The summed E-state index contributed by atoms with van der Waals surface area (Å²) in [6.07, 6.45) is 28.2. The SMILES string of the molecule is C=CC(=O)OCCCCCCOc1ccc(OC(=O)C2CCC(C3CCC(C(=O)Oc4ccc(OCCCCCCOC(=O)C=C)c(/C=N/N(CCCCCC)c5nc6ccccc6s5)c4)CC3)CC2)cc1/C=N/N(CCCCCC)c1nc2ccccc2s1. The summed E-state index contributed by atoms with van der Waals surface area (Å²) in [6, 6.07) is 27.3. The van der Waals surface area contributed by atoms with Gasteiger partial charge in [0.2, 0.25) is 10.3 Å². The first-order valence-electron chi connectivity index (χ1n) is 33.0. The van der Waals surface area contributed by atoms with E-state index in [1.807, 2.05) is 70.7 Å². The number of thiazole rings is 2.